The molecule has 0 aliphatic heterocycles. The van der Waals surface area contributed by atoms with Crippen LogP contribution < -0.4 is 5.32 Å². The number of rotatable bonds is 7. The smallest absolute Gasteiger partial charge is 0.0419 e. The first-order valence-electron chi connectivity index (χ1n) is 7.93. The van der Waals surface area contributed by atoms with E-state index in [1.807, 2.05) is 6.20 Å². The van der Waals surface area contributed by atoms with Crippen LogP contribution in [0.4, 0.5) is 0 Å². The van der Waals surface area contributed by atoms with Crippen LogP contribution in [0, 0.1) is 5.92 Å². The molecule has 106 valence electrons. The molecule has 2 rings (SSSR count). The maximum atomic E-state index is 4.58. The third-order valence-corrected chi connectivity index (χ3v) is 4.56. The molecule has 19 heavy (non-hydrogen) atoms. The summed E-state index contributed by atoms with van der Waals surface area (Å²) < 4.78 is 0. The van der Waals surface area contributed by atoms with Crippen LogP contribution in [0.3, 0.4) is 0 Å². The van der Waals surface area contributed by atoms with Crippen molar-refractivity contribution in [3.63, 3.8) is 0 Å². The van der Waals surface area contributed by atoms with Crippen molar-refractivity contribution in [2.45, 2.75) is 64.3 Å². The van der Waals surface area contributed by atoms with E-state index < -0.39 is 0 Å². The number of aromatic nitrogens is 1. The van der Waals surface area contributed by atoms with Crippen molar-refractivity contribution in [2.24, 2.45) is 5.92 Å². The Kier molecular flexibility index (Phi) is 5.84. The van der Waals surface area contributed by atoms with Crippen LogP contribution in [0.2, 0.25) is 0 Å². The second-order valence-corrected chi connectivity index (χ2v) is 5.93. The fraction of sp³-hybridized carbons (Fsp3) is 0.706. The standard InChI is InChI=1S/C17H28N2/c1-3-14-8-11-17(19-13-14)12-16(18-2)10-9-15-6-4-5-7-15/h8,11,13,15-16,18H,3-7,9-10,12H2,1-2H3. The minimum absolute atomic E-state index is 0.584. The highest BCUT2D eigenvalue weighted by Gasteiger charge is 2.17. The van der Waals surface area contributed by atoms with Crippen LogP contribution in [-0.4, -0.2) is 18.1 Å². The van der Waals surface area contributed by atoms with E-state index in [9.17, 15) is 0 Å². The van der Waals surface area contributed by atoms with Gasteiger partial charge in [-0.3, -0.25) is 4.98 Å². The Bertz CT molecular complexity index is 352. The minimum atomic E-state index is 0.584. The molecule has 1 aliphatic rings. The predicted molar refractivity (Wildman–Crippen MR) is 81.4 cm³/mol. The molecule has 0 saturated heterocycles. The molecule has 1 heterocycles. The van der Waals surface area contributed by atoms with Crippen molar-refractivity contribution < 1.29 is 0 Å². The number of hydrogen-bond donors (Lipinski definition) is 1. The number of hydrogen-bond acceptors (Lipinski definition) is 2. The van der Waals surface area contributed by atoms with E-state index in [-0.39, 0.29) is 0 Å². The molecule has 1 unspecified atom stereocenters. The molecule has 1 saturated carbocycles. The van der Waals surface area contributed by atoms with Gasteiger partial charge >= 0.3 is 0 Å². The summed E-state index contributed by atoms with van der Waals surface area (Å²) in [5.41, 5.74) is 2.55. The van der Waals surface area contributed by atoms with Crippen LogP contribution in [0.1, 0.15) is 56.7 Å². The zero-order valence-electron chi connectivity index (χ0n) is 12.5. The number of aryl methyl sites for hydroxylation is 1. The van der Waals surface area contributed by atoms with Crippen molar-refractivity contribution >= 4 is 0 Å². The molecule has 1 N–H and O–H groups in total. The van der Waals surface area contributed by atoms with E-state index in [1.54, 1.807) is 0 Å². The van der Waals surface area contributed by atoms with E-state index in [0.717, 1.165) is 18.8 Å². The molecule has 0 amide bonds. The summed E-state index contributed by atoms with van der Waals surface area (Å²) in [5, 5.41) is 3.46. The lowest BCUT2D eigenvalue weighted by Crippen LogP contribution is -2.28. The zero-order chi connectivity index (χ0) is 13.5. The Morgan fingerprint density at radius 3 is 2.68 bits per heavy atom. The van der Waals surface area contributed by atoms with Crippen molar-refractivity contribution in [2.75, 3.05) is 7.05 Å². The highest BCUT2D eigenvalue weighted by atomic mass is 14.9. The normalized spacial score (nSPS) is 17.8. The Balaban J connectivity index is 1.79. The molecular formula is C17H28N2. The summed E-state index contributed by atoms with van der Waals surface area (Å²) in [5.74, 6) is 0.992. The molecule has 0 spiro atoms. The first-order valence-corrected chi connectivity index (χ1v) is 7.93. The van der Waals surface area contributed by atoms with Crippen LogP contribution in [0.15, 0.2) is 18.3 Å². The highest BCUT2D eigenvalue weighted by molar-refractivity contribution is 5.14. The quantitative estimate of drug-likeness (QED) is 0.807. The van der Waals surface area contributed by atoms with Gasteiger partial charge in [0, 0.05) is 24.4 Å². The van der Waals surface area contributed by atoms with Crippen LogP contribution in [0.5, 0.6) is 0 Å². The molecule has 0 radical (unpaired) electrons. The Labute approximate surface area is 118 Å². The molecule has 1 aromatic heterocycles. The molecule has 2 nitrogen and oxygen atoms in total. The van der Waals surface area contributed by atoms with Gasteiger partial charge in [0.1, 0.15) is 0 Å². The second-order valence-electron chi connectivity index (χ2n) is 5.93. The summed E-state index contributed by atoms with van der Waals surface area (Å²) >= 11 is 0. The Morgan fingerprint density at radius 1 is 1.32 bits per heavy atom. The number of pyridine rings is 1. The largest absolute Gasteiger partial charge is 0.317 e. The zero-order valence-corrected chi connectivity index (χ0v) is 12.5. The first kappa shape index (κ1) is 14.5. The van der Waals surface area contributed by atoms with Gasteiger partial charge in [-0.15, -0.1) is 0 Å². The second kappa shape index (κ2) is 7.64. The minimum Gasteiger partial charge on any atom is -0.317 e. The van der Waals surface area contributed by atoms with Gasteiger partial charge in [-0.05, 0) is 43.9 Å². The maximum absolute atomic E-state index is 4.58. The third-order valence-electron chi connectivity index (χ3n) is 4.56. The first-order chi connectivity index (χ1) is 9.31. The Morgan fingerprint density at radius 2 is 2.11 bits per heavy atom. The highest BCUT2D eigenvalue weighted by Crippen LogP contribution is 2.29. The van der Waals surface area contributed by atoms with Crippen molar-refractivity contribution in [1.29, 1.82) is 0 Å². The van der Waals surface area contributed by atoms with Gasteiger partial charge in [0.2, 0.25) is 0 Å². The topological polar surface area (TPSA) is 24.9 Å². The van der Waals surface area contributed by atoms with Gasteiger partial charge in [-0.2, -0.15) is 0 Å². The maximum Gasteiger partial charge on any atom is 0.0419 e. The van der Waals surface area contributed by atoms with Gasteiger partial charge < -0.3 is 5.32 Å². The van der Waals surface area contributed by atoms with Crippen molar-refractivity contribution in [1.82, 2.24) is 10.3 Å². The molecule has 0 bridgehead atoms. The van der Waals surface area contributed by atoms with E-state index in [4.69, 9.17) is 0 Å². The average molecular weight is 260 g/mol. The lowest BCUT2D eigenvalue weighted by atomic mass is 9.96. The van der Waals surface area contributed by atoms with Crippen molar-refractivity contribution in [3.05, 3.63) is 29.6 Å². The molecule has 1 atom stereocenters. The summed E-state index contributed by atoms with van der Waals surface area (Å²) in [7, 11) is 2.08. The lowest BCUT2D eigenvalue weighted by Gasteiger charge is -2.18. The molecule has 1 aliphatic carbocycles. The summed E-state index contributed by atoms with van der Waals surface area (Å²) in [4.78, 5) is 4.58. The van der Waals surface area contributed by atoms with Gasteiger partial charge in [-0.1, -0.05) is 38.7 Å². The van der Waals surface area contributed by atoms with Crippen LogP contribution in [0.25, 0.3) is 0 Å². The molecule has 1 fully saturated rings. The van der Waals surface area contributed by atoms with E-state index in [2.05, 4.69) is 36.4 Å². The van der Waals surface area contributed by atoms with Crippen LogP contribution >= 0.6 is 0 Å². The molecule has 0 aromatic carbocycles. The SMILES string of the molecule is CCc1ccc(CC(CCC2CCCC2)NC)nc1. The molecule has 1 aromatic rings. The van der Waals surface area contributed by atoms with Gasteiger partial charge in [0.25, 0.3) is 0 Å². The van der Waals surface area contributed by atoms with E-state index in [0.29, 0.717) is 6.04 Å². The predicted octanol–water partition coefficient (Wildman–Crippen LogP) is 3.74. The van der Waals surface area contributed by atoms with Crippen LogP contribution in [-0.2, 0) is 12.8 Å². The summed E-state index contributed by atoms with van der Waals surface area (Å²) in [6.07, 6.45) is 12.7. The van der Waals surface area contributed by atoms with Gasteiger partial charge in [0.15, 0.2) is 0 Å². The summed E-state index contributed by atoms with van der Waals surface area (Å²) in [6.45, 7) is 2.18. The molecule has 2 heteroatoms. The van der Waals surface area contributed by atoms with E-state index >= 15 is 0 Å². The number of nitrogens with zero attached hydrogens (tertiary/aromatic N) is 1. The van der Waals surface area contributed by atoms with Gasteiger partial charge in [-0.25, -0.2) is 0 Å². The Hall–Kier alpha value is -0.890. The lowest BCUT2D eigenvalue weighted by molar-refractivity contribution is 0.416. The van der Waals surface area contributed by atoms with Crippen molar-refractivity contribution in [3.8, 4) is 0 Å². The fourth-order valence-corrected chi connectivity index (χ4v) is 3.12. The molecular weight excluding hydrogens is 232 g/mol. The number of likely N-dealkylation sites (N-methyl/N-ethyl adjacent to an activating group) is 1. The van der Waals surface area contributed by atoms with Gasteiger partial charge in [0.05, 0.1) is 0 Å². The summed E-state index contributed by atoms with van der Waals surface area (Å²) in [6, 6.07) is 4.99. The average Bonchev–Trinajstić information content (AvgIpc) is 2.97. The fourth-order valence-electron chi connectivity index (χ4n) is 3.12. The monoisotopic (exact) mass is 260 g/mol. The van der Waals surface area contributed by atoms with E-state index in [1.165, 1.54) is 49.8 Å². The third kappa shape index (κ3) is 4.61. The number of nitrogens with one attached hydrogen (secondary N) is 1.